The first-order valence-electron chi connectivity index (χ1n) is 7.06. The van der Waals surface area contributed by atoms with Gasteiger partial charge in [0.1, 0.15) is 0 Å². The maximum atomic E-state index is 11.8. The summed E-state index contributed by atoms with van der Waals surface area (Å²) in [6.07, 6.45) is 2.55. The summed E-state index contributed by atoms with van der Waals surface area (Å²) in [5, 5.41) is 2.94. The van der Waals surface area contributed by atoms with Gasteiger partial charge in [0.05, 0.1) is 6.04 Å². The summed E-state index contributed by atoms with van der Waals surface area (Å²) < 4.78 is 0. The van der Waals surface area contributed by atoms with Gasteiger partial charge in [-0.05, 0) is 37.3 Å². The van der Waals surface area contributed by atoms with Gasteiger partial charge in [0.2, 0.25) is 5.91 Å². The van der Waals surface area contributed by atoms with Gasteiger partial charge < -0.3 is 16.0 Å². The van der Waals surface area contributed by atoms with Crippen LogP contribution in [0.5, 0.6) is 0 Å². The van der Waals surface area contributed by atoms with Crippen molar-refractivity contribution in [3.8, 4) is 0 Å². The van der Waals surface area contributed by atoms with Crippen LogP contribution in [-0.4, -0.2) is 43.0 Å². The predicted octanol–water partition coefficient (Wildman–Crippen LogP) is 1.21. The van der Waals surface area contributed by atoms with Crippen LogP contribution < -0.4 is 11.1 Å². The molecule has 0 spiro atoms. The zero-order valence-corrected chi connectivity index (χ0v) is 12.3. The van der Waals surface area contributed by atoms with Crippen LogP contribution in [0.3, 0.4) is 0 Å². The highest BCUT2D eigenvalue weighted by atomic mass is 16.2. The highest BCUT2D eigenvalue weighted by Gasteiger charge is 2.27. The molecule has 106 valence electrons. The Morgan fingerprint density at radius 1 is 1.39 bits per heavy atom. The minimum atomic E-state index is -0.432. The molecular weight excluding hydrogens is 226 g/mol. The third-order valence-corrected chi connectivity index (χ3v) is 3.82. The standard InChI is InChI=1S/C14H29N3O/c1-11-5-8-17(9-6-11)10-7-16-13(18)12(15)14(2,3)4/h11-12H,5-10,15H2,1-4H3,(H,16,18)/t12-/m0/s1. The number of nitrogens with zero attached hydrogens (tertiary/aromatic N) is 1. The number of carbonyl (C=O) groups excluding carboxylic acids is 1. The monoisotopic (exact) mass is 255 g/mol. The minimum absolute atomic E-state index is 0.0344. The van der Waals surface area contributed by atoms with Crippen molar-refractivity contribution in [1.29, 1.82) is 0 Å². The van der Waals surface area contributed by atoms with Crippen molar-refractivity contribution >= 4 is 5.91 Å². The zero-order valence-electron chi connectivity index (χ0n) is 12.3. The van der Waals surface area contributed by atoms with E-state index in [1.807, 2.05) is 20.8 Å². The molecule has 0 radical (unpaired) electrons. The number of amides is 1. The molecule has 1 aliphatic rings. The van der Waals surface area contributed by atoms with Crippen molar-refractivity contribution in [2.75, 3.05) is 26.2 Å². The van der Waals surface area contributed by atoms with Crippen LogP contribution in [0.2, 0.25) is 0 Å². The SMILES string of the molecule is CC1CCN(CCNC(=O)[C@H](N)C(C)(C)C)CC1. The summed E-state index contributed by atoms with van der Waals surface area (Å²) in [4.78, 5) is 14.2. The van der Waals surface area contributed by atoms with Gasteiger partial charge in [0.25, 0.3) is 0 Å². The fourth-order valence-corrected chi connectivity index (χ4v) is 2.13. The maximum absolute atomic E-state index is 11.8. The van der Waals surface area contributed by atoms with Crippen molar-refractivity contribution in [1.82, 2.24) is 10.2 Å². The summed E-state index contributed by atoms with van der Waals surface area (Å²) in [6.45, 7) is 12.2. The number of rotatable bonds is 4. The Morgan fingerprint density at radius 2 is 1.94 bits per heavy atom. The third-order valence-electron chi connectivity index (χ3n) is 3.82. The molecule has 4 heteroatoms. The summed E-state index contributed by atoms with van der Waals surface area (Å²) in [5.41, 5.74) is 5.73. The van der Waals surface area contributed by atoms with Crippen LogP contribution in [0, 0.1) is 11.3 Å². The molecule has 0 aromatic rings. The normalized spacial score (nSPS) is 20.7. The fraction of sp³-hybridized carbons (Fsp3) is 0.929. The largest absolute Gasteiger partial charge is 0.353 e. The van der Waals surface area contributed by atoms with Gasteiger partial charge in [-0.15, -0.1) is 0 Å². The van der Waals surface area contributed by atoms with Crippen molar-refractivity contribution in [2.24, 2.45) is 17.1 Å². The second kappa shape index (κ2) is 6.53. The summed E-state index contributed by atoms with van der Waals surface area (Å²) >= 11 is 0. The number of hydrogen-bond donors (Lipinski definition) is 2. The highest BCUT2D eigenvalue weighted by Crippen LogP contribution is 2.17. The highest BCUT2D eigenvalue weighted by molar-refractivity contribution is 5.82. The average Bonchev–Trinajstić information content (AvgIpc) is 2.29. The van der Waals surface area contributed by atoms with Crippen LogP contribution in [0.1, 0.15) is 40.5 Å². The molecule has 1 rings (SSSR count). The van der Waals surface area contributed by atoms with Gasteiger partial charge in [0.15, 0.2) is 0 Å². The number of likely N-dealkylation sites (tertiary alicyclic amines) is 1. The van der Waals surface area contributed by atoms with E-state index in [4.69, 9.17) is 5.73 Å². The lowest BCUT2D eigenvalue weighted by molar-refractivity contribution is -0.124. The lowest BCUT2D eigenvalue weighted by Crippen LogP contribution is -2.50. The molecule has 18 heavy (non-hydrogen) atoms. The van der Waals surface area contributed by atoms with Crippen molar-refractivity contribution in [3.05, 3.63) is 0 Å². The zero-order chi connectivity index (χ0) is 13.8. The van der Waals surface area contributed by atoms with E-state index in [1.165, 1.54) is 12.8 Å². The fourth-order valence-electron chi connectivity index (χ4n) is 2.13. The quantitative estimate of drug-likeness (QED) is 0.794. The van der Waals surface area contributed by atoms with E-state index in [0.717, 1.165) is 25.6 Å². The molecule has 1 saturated heterocycles. The molecule has 1 aliphatic heterocycles. The Morgan fingerprint density at radius 3 is 2.44 bits per heavy atom. The molecule has 0 aromatic heterocycles. The lowest BCUT2D eigenvalue weighted by atomic mass is 9.87. The van der Waals surface area contributed by atoms with Gasteiger partial charge in [-0.3, -0.25) is 4.79 Å². The van der Waals surface area contributed by atoms with Gasteiger partial charge in [-0.2, -0.15) is 0 Å². The smallest absolute Gasteiger partial charge is 0.237 e. The molecule has 1 heterocycles. The van der Waals surface area contributed by atoms with E-state index >= 15 is 0 Å². The van der Waals surface area contributed by atoms with Gasteiger partial charge in [-0.25, -0.2) is 0 Å². The molecule has 0 aliphatic carbocycles. The van der Waals surface area contributed by atoms with Crippen LogP contribution in [0.25, 0.3) is 0 Å². The molecule has 3 N–H and O–H groups in total. The topological polar surface area (TPSA) is 58.4 Å². The summed E-state index contributed by atoms with van der Waals surface area (Å²) in [6, 6.07) is -0.432. The molecule has 0 saturated carbocycles. The Balaban J connectivity index is 2.20. The molecule has 1 fully saturated rings. The van der Waals surface area contributed by atoms with Crippen LogP contribution >= 0.6 is 0 Å². The molecular formula is C14H29N3O. The molecule has 4 nitrogen and oxygen atoms in total. The first-order chi connectivity index (χ1) is 8.30. The molecule has 0 bridgehead atoms. The Kier molecular flexibility index (Phi) is 5.60. The minimum Gasteiger partial charge on any atom is -0.353 e. The van der Waals surface area contributed by atoms with Crippen LogP contribution in [0.15, 0.2) is 0 Å². The number of nitrogens with two attached hydrogens (primary N) is 1. The van der Waals surface area contributed by atoms with E-state index in [9.17, 15) is 4.79 Å². The van der Waals surface area contributed by atoms with Crippen molar-refractivity contribution < 1.29 is 4.79 Å². The van der Waals surface area contributed by atoms with E-state index < -0.39 is 6.04 Å². The first-order valence-corrected chi connectivity index (χ1v) is 7.06. The average molecular weight is 255 g/mol. The van der Waals surface area contributed by atoms with E-state index in [0.29, 0.717) is 6.54 Å². The predicted molar refractivity (Wildman–Crippen MR) is 75.3 cm³/mol. The van der Waals surface area contributed by atoms with Crippen LogP contribution in [0.4, 0.5) is 0 Å². The number of nitrogens with one attached hydrogen (secondary N) is 1. The van der Waals surface area contributed by atoms with Gasteiger partial charge >= 0.3 is 0 Å². The Hall–Kier alpha value is -0.610. The molecule has 0 unspecified atom stereocenters. The van der Waals surface area contributed by atoms with Gasteiger partial charge in [-0.1, -0.05) is 27.7 Å². The van der Waals surface area contributed by atoms with Crippen LogP contribution in [-0.2, 0) is 4.79 Å². The Labute approximate surface area is 111 Å². The second-order valence-electron chi connectivity index (χ2n) is 6.66. The number of piperidine rings is 1. The Bertz CT molecular complexity index is 265. The lowest BCUT2D eigenvalue weighted by Gasteiger charge is -2.30. The summed E-state index contributed by atoms with van der Waals surface area (Å²) in [5.74, 6) is 0.818. The van der Waals surface area contributed by atoms with E-state index in [1.54, 1.807) is 0 Å². The third kappa shape index (κ3) is 4.94. The number of hydrogen-bond acceptors (Lipinski definition) is 3. The molecule has 1 amide bonds. The van der Waals surface area contributed by atoms with E-state index in [2.05, 4.69) is 17.1 Å². The van der Waals surface area contributed by atoms with E-state index in [-0.39, 0.29) is 11.3 Å². The summed E-state index contributed by atoms with van der Waals surface area (Å²) in [7, 11) is 0. The van der Waals surface area contributed by atoms with Crippen molar-refractivity contribution in [3.63, 3.8) is 0 Å². The van der Waals surface area contributed by atoms with Crippen molar-refractivity contribution in [2.45, 2.75) is 46.6 Å². The molecule has 0 aromatic carbocycles. The number of carbonyl (C=O) groups is 1. The van der Waals surface area contributed by atoms with Gasteiger partial charge in [0, 0.05) is 13.1 Å². The molecule has 1 atom stereocenters. The second-order valence-corrected chi connectivity index (χ2v) is 6.66. The first kappa shape index (κ1) is 15.4. The maximum Gasteiger partial charge on any atom is 0.237 e.